The molecule has 72 valence electrons. The summed E-state index contributed by atoms with van der Waals surface area (Å²) in [4.78, 5) is 0. The molecule has 5 heteroatoms. The van der Waals surface area contributed by atoms with Crippen molar-refractivity contribution in [3.8, 4) is 0 Å². The van der Waals surface area contributed by atoms with Gasteiger partial charge in [0, 0.05) is 11.6 Å². The van der Waals surface area contributed by atoms with Gasteiger partial charge in [0.25, 0.3) is 6.43 Å². The van der Waals surface area contributed by atoms with Gasteiger partial charge < -0.3 is 5.73 Å². The molecule has 0 amide bonds. The van der Waals surface area contributed by atoms with Crippen LogP contribution in [0.1, 0.15) is 11.6 Å². The molecule has 0 aliphatic carbocycles. The minimum absolute atomic E-state index is 0.378. The Bertz CT molecular complexity index is 300. The fourth-order valence-corrected chi connectivity index (χ4v) is 0.908. The van der Waals surface area contributed by atoms with Crippen LogP contribution in [0.4, 0.5) is 17.6 Å². The van der Waals surface area contributed by atoms with E-state index >= 15 is 0 Å². The molecule has 0 bridgehead atoms. The van der Waals surface area contributed by atoms with Gasteiger partial charge in [-0.2, -0.15) is 0 Å². The third-order valence-corrected chi connectivity index (χ3v) is 1.59. The highest BCUT2D eigenvalue weighted by molar-refractivity contribution is 5.22. The average Bonchev–Trinajstić information content (AvgIpc) is 2.03. The molecule has 1 aromatic rings. The monoisotopic (exact) mass is 193 g/mol. The summed E-state index contributed by atoms with van der Waals surface area (Å²) in [5.41, 5.74) is 4.60. The summed E-state index contributed by atoms with van der Waals surface area (Å²) >= 11 is 0. The fourth-order valence-electron chi connectivity index (χ4n) is 0.908. The molecular weight excluding hydrogens is 186 g/mol. The van der Waals surface area contributed by atoms with Gasteiger partial charge in [0.05, 0.1) is 6.04 Å². The molecule has 1 rings (SSSR count). The van der Waals surface area contributed by atoms with E-state index in [0.29, 0.717) is 6.07 Å². The molecule has 1 nitrogen and oxygen atoms in total. The summed E-state index contributed by atoms with van der Waals surface area (Å²) in [6.07, 6.45) is -2.86. The second-order valence-corrected chi connectivity index (χ2v) is 2.53. The SMILES string of the molecule is NC(c1ccc(F)cc1F)C(F)F. The van der Waals surface area contributed by atoms with E-state index in [-0.39, 0.29) is 5.56 Å². The maximum Gasteiger partial charge on any atom is 0.257 e. The minimum atomic E-state index is -2.86. The second-order valence-electron chi connectivity index (χ2n) is 2.53. The van der Waals surface area contributed by atoms with Gasteiger partial charge in [-0.05, 0) is 6.07 Å². The van der Waals surface area contributed by atoms with Crippen LogP contribution in [0.3, 0.4) is 0 Å². The molecule has 0 fully saturated rings. The van der Waals surface area contributed by atoms with E-state index in [9.17, 15) is 17.6 Å². The first kappa shape index (κ1) is 9.98. The second kappa shape index (κ2) is 3.74. The van der Waals surface area contributed by atoms with E-state index in [0.717, 1.165) is 12.1 Å². The molecule has 13 heavy (non-hydrogen) atoms. The van der Waals surface area contributed by atoms with Crippen LogP contribution in [0.2, 0.25) is 0 Å². The van der Waals surface area contributed by atoms with Crippen molar-refractivity contribution in [2.45, 2.75) is 12.5 Å². The van der Waals surface area contributed by atoms with Crippen molar-refractivity contribution in [3.05, 3.63) is 35.4 Å². The van der Waals surface area contributed by atoms with Gasteiger partial charge in [-0.15, -0.1) is 0 Å². The number of alkyl halides is 2. The number of halogens is 4. The van der Waals surface area contributed by atoms with Crippen LogP contribution in [-0.4, -0.2) is 6.43 Å². The third-order valence-electron chi connectivity index (χ3n) is 1.59. The Morgan fingerprint density at radius 2 is 1.77 bits per heavy atom. The molecule has 1 atom stereocenters. The van der Waals surface area contributed by atoms with Crippen LogP contribution in [0.25, 0.3) is 0 Å². The molecular formula is C8H7F4N. The van der Waals surface area contributed by atoms with Crippen molar-refractivity contribution in [1.29, 1.82) is 0 Å². The Morgan fingerprint density at radius 1 is 1.15 bits per heavy atom. The molecule has 1 aromatic carbocycles. The first-order chi connectivity index (χ1) is 6.02. The maximum absolute atomic E-state index is 12.8. The standard InChI is InChI=1S/C8H7F4N/c9-4-1-2-5(6(10)3-4)7(13)8(11)12/h1-3,7-8H,13H2. The van der Waals surface area contributed by atoms with Gasteiger partial charge in [-0.25, -0.2) is 17.6 Å². The summed E-state index contributed by atoms with van der Waals surface area (Å²) in [5.74, 6) is -1.87. The summed E-state index contributed by atoms with van der Waals surface area (Å²) in [6, 6.07) is 0.625. The van der Waals surface area contributed by atoms with E-state index in [4.69, 9.17) is 5.73 Å². The Hall–Kier alpha value is -1.10. The molecule has 0 radical (unpaired) electrons. The van der Waals surface area contributed by atoms with Crippen molar-refractivity contribution in [2.24, 2.45) is 5.73 Å². The van der Waals surface area contributed by atoms with Crippen molar-refractivity contribution < 1.29 is 17.6 Å². The highest BCUT2D eigenvalue weighted by atomic mass is 19.3. The lowest BCUT2D eigenvalue weighted by Crippen LogP contribution is -2.20. The summed E-state index contributed by atoms with van der Waals surface area (Å²) in [6.45, 7) is 0. The molecule has 0 aliphatic rings. The minimum Gasteiger partial charge on any atom is -0.319 e. The predicted molar refractivity (Wildman–Crippen MR) is 39.3 cm³/mol. The Balaban J connectivity index is 3.01. The van der Waals surface area contributed by atoms with Crippen molar-refractivity contribution in [1.82, 2.24) is 0 Å². The number of benzene rings is 1. The van der Waals surface area contributed by atoms with Crippen molar-refractivity contribution >= 4 is 0 Å². The van der Waals surface area contributed by atoms with Gasteiger partial charge >= 0.3 is 0 Å². The van der Waals surface area contributed by atoms with Gasteiger partial charge in [0.1, 0.15) is 11.6 Å². The van der Waals surface area contributed by atoms with E-state index in [1.165, 1.54) is 0 Å². The zero-order chi connectivity index (χ0) is 10.0. The smallest absolute Gasteiger partial charge is 0.257 e. The van der Waals surface area contributed by atoms with Gasteiger partial charge in [0.2, 0.25) is 0 Å². The maximum atomic E-state index is 12.8. The Morgan fingerprint density at radius 3 is 2.23 bits per heavy atom. The molecule has 0 saturated carbocycles. The number of hydrogen-bond donors (Lipinski definition) is 1. The van der Waals surface area contributed by atoms with E-state index < -0.39 is 24.1 Å². The van der Waals surface area contributed by atoms with Crippen LogP contribution in [0.5, 0.6) is 0 Å². The lowest BCUT2D eigenvalue weighted by molar-refractivity contribution is 0.114. The van der Waals surface area contributed by atoms with E-state index in [1.54, 1.807) is 0 Å². The lowest BCUT2D eigenvalue weighted by Gasteiger charge is -2.11. The summed E-state index contributed by atoms with van der Waals surface area (Å²) in [5, 5.41) is 0. The highest BCUT2D eigenvalue weighted by Crippen LogP contribution is 2.21. The Kier molecular flexibility index (Phi) is 2.87. The fraction of sp³-hybridized carbons (Fsp3) is 0.250. The number of rotatable bonds is 2. The van der Waals surface area contributed by atoms with Gasteiger partial charge in [0.15, 0.2) is 0 Å². The van der Waals surface area contributed by atoms with Crippen molar-refractivity contribution in [2.75, 3.05) is 0 Å². The van der Waals surface area contributed by atoms with Gasteiger partial charge in [-0.3, -0.25) is 0 Å². The average molecular weight is 193 g/mol. The Labute approximate surface area is 72.2 Å². The quantitative estimate of drug-likeness (QED) is 0.716. The van der Waals surface area contributed by atoms with Crippen LogP contribution in [0, 0.1) is 11.6 Å². The molecule has 0 heterocycles. The normalized spacial score (nSPS) is 13.4. The molecule has 0 spiro atoms. The molecule has 0 aliphatic heterocycles. The highest BCUT2D eigenvalue weighted by Gasteiger charge is 2.20. The largest absolute Gasteiger partial charge is 0.319 e. The molecule has 1 unspecified atom stereocenters. The van der Waals surface area contributed by atoms with Crippen LogP contribution >= 0.6 is 0 Å². The topological polar surface area (TPSA) is 26.0 Å². The van der Waals surface area contributed by atoms with Crippen LogP contribution in [-0.2, 0) is 0 Å². The molecule has 2 N–H and O–H groups in total. The number of nitrogens with two attached hydrogens (primary N) is 1. The van der Waals surface area contributed by atoms with Crippen LogP contribution < -0.4 is 5.73 Å². The summed E-state index contributed by atoms with van der Waals surface area (Å²) < 4.78 is 49.2. The zero-order valence-corrected chi connectivity index (χ0v) is 6.48. The molecule has 0 saturated heterocycles. The summed E-state index contributed by atoms with van der Waals surface area (Å²) in [7, 11) is 0. The first-order valence-electron chi connectivity index (χ1n) is 3.51. The predicted octanol–water partition coefficient (Wildman–Crippen LogP) is 2.23. The number of hydrogen-bond acceptors (Lipinski definition) is 1. The van der Waals surface area contributed by atoms with E-state index in [1.807, 2.05) is 0 Å². The zero-order valence-electron chi connectivity index (χ0n) is 6.48. The first-order valence-corrected chi connectivity index (χ1v) is 3.51. The molecule has 0 aromatic heterocycles. The third kappa shape index (κ3) is 2.18. The van der Waals surface area contributed by atoms with Crippen molar-refractivity contribution in [3.63, 3.8) is 0 Å². The van der Waals surface area contributed by atoms with E-state index in [2.05, 4.69) is 0 Å². The van der Waals surface area contributed by atoms with Gasteiger partial charge in [-0.1, -0.05) is 6.07 Å². The van der Waals surface area contributed by atoms with Crippen LogP contribution in [0.15, 0.2) is 18.2 Å². The lowest BCUT2D eigenvalue weighted by atomic mass is 10.1.